The number of aryl methyl sites for hydroxylation is 1. The predicted molar refractivity (Wildman–Crippen MR) is 238 cm³/mol. The fraction of sp³-hybridized carbons (Fsp3) is 0.326. The van der Waals surface area contributed by atoms with Crippen LogP contribution in [0.15, 0.2) is 136 Å². The van der Waals surface area contributed by atoms with Crippen LogP contribution < -0.4 is 20.3 Å². The number of alkyl halides is 3. The molecule has 1 amide bonds. The summed E-state index contributed by atoms with van der Waals surface area (Å²) in [6.45, 7) is 4.08. The zero-order chi connectivity index (χ0) is 44.1. The lowest BCUT2D eigenvalue weighted by Crippen LogP contribution is -2.36. The zero-order valence-corrected chi connectivity index (χ0v) is 36.5. The first kappa shape index (κ1) is 45.2. The molecule has 10 nitrogen and oxygen atoms in total. The summed E-state index contributed by atoms with van der Waals surface area (Å²) in [5.74, 6) is -0.650. The molecule has 0 saturated carbocycles. The second-order valence-corrected chi connectivity index (χ2v) is 20.5. The topological polar surface area (TPSA) is 145 Å². The van der Waals surface area contributed by atoms with Gasteiger partial charge in [-0.3, -0.25) is 4.79 Å². The number of benzene rings is 5. The number of sulfonamides is 1. The summed E-state index contributed by atoms with van der Waals surface area (Å²) < 4.78 is 97.2. The van der Waals surface area contributed by atoms with Crippen molar-refractivity contribution in [2.75, 3.05) is 35.6 Å². The Morgan fingerprint density at radius 1 is 0.871 bits per heavy atom. The number of aliphatic hydroxyl groups excluding tert-OH is 1. The fourth-order valence-corrected chi connectivity index (χ4v) is 11.1. The molecule has 2 aliphatic heterocycles. The van der Waals surface area contributed by atoms with Crippen LogP contribution in [0.5, 0.6) is 0 Å². The van der Waals surface area contributed by atoms with Gasteiger partial charge in [-0.1, -0.05) is 72.3 Å². The maximum Gasteiger partial charge on any atom is 0.501 e. The molecule has 16 heteroatoms. The van der Waals surface area contributed by atoms with Crippen LogP contribution >= 0.6 is 11.8 Å². The number of piperidine rings is 1. The van der Waals surface area contributed by atoms with Crippen LogP contribution in [0, 0.1) is 12.8 Å². The second kappa shape index (κ2) is 19.3. The first-order chi connectivity index (χ1) is 29.6. The third kappa shape index (κ3) is 10.7. The van der Waals surface area contributed by atoms with Crippen LogP contribution in [0.2, 0.25) is 0 Å². The normalized spacial score (nSPS) is 17.4. The van der Waals surface area contributed by atoms with Gasteiger partial charge in [-0.25, -0.2) is 21.6 Å². The third-order valence-corrected chi connectivity index (χ3v) is 15.5. The molecule has 2 heterocycles. The number of sulfone groups is 1. The zero-order valence-electron chi connectivity index (χ0n) is 34.0. The molecule has 0 bridgehead atoms. The highest BCUT2D eigenvalue weighted by Crippen LogP contribution is 2.39. The summed E-state index contributed by atoms with van der Waals surface area (Å²) in [5.41, 5.74) is -1.33. The maximum absolute atomic E-state index is 14.1. The Balaban J connectivity index is 1.02. The van der Waals surface area contributed by atoms with Crippen LogP contribution in [0.3, 0.4) is 0 Å². The lowest BCUT2D eigenvalue weighted by molar-refractivity contribution is -0.0435. The Kier molecular flexibility index (Phi) is 14.0. The summed E-state index contributed by atoms with van der Waals surface area (Å²) >= 11 is 1.45. The predicted octanol–water partition coefficient (Wildman–Crippen LogP) is 8.74. The monoisotopic (exact) mass is 906 g/mol. The van der Waals surface area contributed by atoms with Gasteiger partial charge in [0.25, 0.3) is 25.8 Å². The highest BCUT2D eigenvalue weighted by molar-refractivity contribution is 7.99. The number of anilines is 2. The van der Waals surface area contributed by atoms with Crippen molar-refractivity contribution in [3.8, 4) is 11.1 Å². The van der Waals surface area contributed by atoms with Gasteiger partial charge < -0.3 is 20.6 Å². The molecular weight excluding hydrogens is 858 g/mol. The van der Waals surface area contributed by atoms with Crippen molar-refractivity contribution in [1.82, 2.24) is 10.0 Å². The molecule has 2 fully saturated rings. The molecule has 5 aromatic carbocycles. The number of thioether (sulfide) groups is 1. The van der Waals surface area contributed by atoms with E-state index in [1.165, 1.54) is 23.9 Å². The van der Waals surface area contributed by atoms with Crippen molar-refractivity contribution in [1.29, 1.82) is 0 Å². The van der Waals surface area contributed by atoms with Crippen LogP contribution in [0.25, 0.3) is 11.1 Å². The van der Waals surface area contributed by atoms with Crippen LogP contribution in [-0.2, 0) is 19.9 Å². The van der Waals surface area contributed by atoms with Gasteiger partial charge in [0.15, 0.2) is 0 Å². The molecule has 328 valence electrons. The number of nitrogens with one attached hydrogen (secondary N) is 3. The van der Waals surface area contributed by atoms with Crippen molar-refractivity contribution in [2.24, 2.45) is 5.92 Å². The lowest BCUT2D eigenvalue weighted by atomic mass is 9.84. The minimum Gasteiger partial charge on any atom is -0.388 e. The summed E-state index contributed by atoms with van der Waals surface area (Å²) in [4.78, 5) is 14.2. The number of carbonyl (C=O) groups is 1. The van der Waals surface area contributed by atoms with Gasteiger partial charge in [-0.05, 0) is 123 Å². The number of nitrogens with zero attached hydrogens (tertiary/aromatic N) is 1. The first-order valence-corrected chi connectivity index (χ1v) is 24.4. The summed E-state index contributed by atoms with van der Waals surface area (Å²) in [6.07, 6.45) is 2.99. The minimum atomic E-state index is -6.04. The van der Waals surface area contributed by atoms with E-state index in [2.05, 4.69) is 27.7 Å². The molecule has 62 heavy (non-hydrogen) atoms. The van der Waals surface area contributed by atoms with E-state index in [1.54, 1.807) is 12.1 Å². The highest BCUT2D eigenvalue weighted by Gasteiger charge is 2.48. The first-order valence-electron chi connectivity index (χ1n) is 20.5. The highest BCUT2D eigenvalue weighted by atomic mass is 32.2. The van der Waals surface area contributed by atoms with Gasteiger partial charge in [-0.15, -0.1) is 11.8 Å². The van der Waals surface area contributed by atoms with Crippen LogP contribution in [0.1, 0.15) is 59.7 Å². The Labute approximate surface area is 365 Å². The van der Waals surface area contributed by atoms with Gasteiger partial charge in [0, 0.05) is 47.1 Å². The number of hydrogen-bond donors (Lipinski definition) is 4. The molecule has 2 aliphatic rings. The molecule has 0 unspecified atom stereocenters. The summed E-state index contributed by atoms with van der Waals surface area (Å²) in [5, 5.41) is 17.9. The minimum absolute atomic E-state index is 0.0129. The lowest BCUT2D eigenvalue weighted by Gasteiger charge is -2.36. The average Bonchev–Trinajstić information content (AvgIpc) is 3.79. The Bertz CT molecular complexity index is 2550. The standard InChI is InChI=1S/C46H49F3N4O6S3/c1-31-13-15-32(16-14-31)40-11-5-6-12-41(40)44(54)33-23-26-53(27-24-33)37-19-17-34(18-20-37)45(55)52-62(58,59)39-21-22-42(43(29-39)61(56,57)46(47,48)49)51-36(28-35-8-7-25-50-35)30-60-38-9-3-2-4-10-38/h2-6,9-22,29,33,35-36,44,50-51,54H,7-8,23-28,30H2,1H3,(H,52,55)/t35-,36+,44+/m0/s1. The number of amides is 1. The quantitative estimate of drug-likeness (QED) is 0.0753. The maximum atomic E-state index is 14.1. The van der Waals surface area contributed by atoms with E-state index in [4.69, 9.17) is 0 Å². The van der Waals surface area contributed by atoms with E-state index in [0.717, 1.165) is 64.4 Å². The van der Waals surface area contributed by atoms with Gasteiger partial charge >= 0.3 is 5.51 Å². The molecule has 2 saturated heterocycles. The van der Waals surface area contributed by atoms with Gasteiger partial charge in [0.05, 0.1) is 16.7 Å². The van der Waals surface area contributed by atoms with Crippen molar-refractivity contribution >= 4 is 48.9 Å². The molecule has 5 aromatic rings. The van der Waals surface area contributed by atoms with Crippen molar-refractivity contribution in [2.45, 2.75) is 77.4 Å². The van der Waals surface area contributed by atoms with E-state index in [0.29, 0.717) is 44.2 Å². The molecular formula is C46H49F3N4O6S3. The molecule has 0 spiro atoms. The largest absolute Gasteiger partial charge is 0.501 e. The van der Waals surface area contributed by atoms with Crippen molar-refractivity contribution in [3.63, 3.8) is 0 Å². The number of hydrogen-bond acceptors (Lipinski definition) is 10. The third-order valence-electron chi connectivity index (χ3n) is 11.5. The van der Waals surface area contributed by atoms with Crippen molar-refractivity contribution in [3.05, 3.63) is 138 Å². The Morgan fingerprint density at radius 2 is 1.55 bits per heavy atom. The smallest absolute Gasteiger partial charge is 0.388 e. The van der Waals surface area contributed by atoms with Crippen LogP contribution in [0.4, 0.5) is 24.5 Å². The average molecular weight is 907 g/mol. The number of rotatable bonds is 15. The molecule has 7 rings (SSSR count). The summed E-state index contributed by atoms with van der Waals surface area (Å²) in [7, 11) is -10.9. The van der Waals surface area contributed by atoms with Gasteiger partial charge in [0.2, 0.25) is 0 Å². The van der Waals surface area contributed by atoms with Gasteiger partial charge in [-0.2, -0.15) is 13.2 Å². The fourth-order valence-electron chi connectivity index (χ4n) is 8.08. The van der Waals surface area contributed by atoms with E-state index in [1.807, 2.05) is 78.4 Å². The Hall–Kier alpha value is -4.87. The van der Waals surface area contributed by atoms with Crippen molar-refractivity contribution < 1.29 is 39.9 Å². The van der Waals surface area contributed by atoms with E-state index in [-0.39, 0.29) is 17.5 Å². The molecule has 0 radical (unpaired) electrons. The molecule has 3 atom stereocenters. The second-order valence-electron chi connectivity index (χ2n) is 15.8. The van der Waals surface area contributed by atoms with Crippen LogP contribution in [-0.4, -0.2) is 70.8 Å². The van der Waals surface area contributed by atoms with E-state index < -0.39 is 58.9 Å². The number of aliphatic hydroxyl groups is 1. The number of carbonyl (C=O) groups excluding carboxylic acids is 1. The number of halogens is 3. The van der Waals surface area contributed by atoms with E-state index in [9.17, 15) is 39.9 Å². The van der Waals surface area contributed by atoms with Gasteiger partial charge in [0.1, 0.15) is 4.90 Å². The SMILES string of the molecule is Cc1ccc(-c2ccccc2[C@H](O)C2CCN(c3ccc(C(=O)NS(=O)(=O)c4ccc(N[C@@H](CSc5ccccc5)C[C@@H]5CCCN5)c(S(=O)(=O)C(F)(F)F)c4)cc3)CC2)cc1. The Morgan fingerprint density at radius 3 is 2.21 bits per heavy atom. The summed E-state index contributed by atoms with van der Waals surface area (Å²) in [6, 6.07) is 33.6. The molecule has 0 aliphatic carbocycles. The molecule has 0 aromatic heterocycles. The molecule has 4 N–H and O–H groups in total. The van der Waals surface area contributed by atoms with E-state index >= 15 is 0 Å².